The summed E-state index contributed by atoms with van der Waals surface area (Å²) >= 11 is 0.955. The Hall–Kier alpha value is -1.84. The van der Waals surface area contributed by atoms with Gasteiger partial charge in [0.05, 0.1) is 10.7 Å². The van der Waals surface area contributed by atoms with E-state index in [0.29, 0.717) is 23.4 Å². The van der Waals surface area contributed by atoms with Gasteiger partial charge in [0, 0.05) is 18.9 Å². The number of halogens is 1. The lowest BCUT2D eigenvalue weighted by molar-refractivity contribution is -0.122. The van der Waals surface area contributed by atoms with Gasteiger partial charge < -0.3 is 0 Å². The summed E-state index contributed by atoms with van der Waals surface area (Å²) in [7, 11) is -3.48. The number of carbonyl (C=O) groups excluding carboxylic acids is 2. The van der Waals surface area contributed by atoms with Crippen molar-refractivity contribution in [3.63, 3.8) is 0 Å². The highest BCUT2D eigenvalue weighted by molar-refractivity contribution is 8.18. The average molecular weight is 444 g/mol. The van der Waals surface area contributed by atoms with Crippen LogP contribution < -0.4 is 0 Å². The molecule has 0 spiro atoms. The molecular weight excluding hydrogens is 422 g/mol. The lowest BCUT2D eigenvalue weighted by atomic mass is 10.3. The molecule has 1 saturated heterocycles. The molecule has 0 atom stereocenters. The Morgan fingerprint density at radius 3 is 2.75 bits per heavy atom. The van der Waals surface area contributed by atoms with Gasteiger partial charge in [0.25, 0.3) is 11.1 Å². The standard InChI is InChI=1S/C18H21N3O4S2.ClH/c1-2-3-7-14-17(22)21(18(23)26-14)11-4-5-13-27(24,25)16-9-6-8-15-19-10-12-20(15)16;/h6-10,12H,2-5,11,13H2,1H3;1H. The molecule has 0 aromatic carbocycles. The average Bonchev–Trinajstić information content (AvgIpc) is 3.22. The van der Waals surface area contributed by atoms with Gasteiger partial charge in [0.15, 0.2) is 9.84 Å². The van der Waals surface area contributed by atoms with Gasteiger partial charge >= 0.3 is 0 Å². The number of allylic oxidation sites excluding steroid dienone is 1. The Kier molecular flexibility index (Phi) is 7.68. The van der Waals surface area contributed by atoms with Crippen LogP contribution in [-0.4, -0.2) is 46.1 Å². The molecule has 2 amide bonds. The van der Waals surface area contributed by atoms with E-state index in [4.69, 9.17) is 0 Å². The highest BCUT2D eigenvalue weighted by Crippen LogP contribution is 2.31. The van der Waals surface area contributed by atoms with E-state index in [1.807, 2.05) is 6.92 Å². The number of rotatable bonds is 8. The summed E-state index contributed by atoms with van der Waals surface area (Å²) in [6.45, 7) is 2.24. The molecule has 2 aromatic heterocycles. The Morgan fingerprint density at radius 1 is 1.21 bits per heavy atom. The fourth-order valence-electron chi connectivity index (χ4n) is 2.85. The number of pyridine rings is 1. The van der Waals surface area contributed by atoms with E-state index in [0.717, 1.165) is 24.6 Å². The van der Waals surface area contributed by atoms with Gasteiger partial charge in [-0.05, 0) is 43.2 Å². The monoisotopic (exact) mass is 443 g/mol. The zero-order valence-electron chi connectivity index (χ0n) is 15.4. The summed E-state index contributed by atoms with van der Waals surface area (Å²) in [6, 6.07) is 4.96. The maximum Gasteiger partial charge on any atom is 0.293 e. The van der Waals surface area contributed by atoms with Gasteiger partial charge in [0.2, 0.25) is 0 Å². The van der Waals surface area contributed by atoms with Crippen LogP contribution >= 0.6 is 24.2 Å². The van der Waals surface area contributed by atoms with Crippen molar-refractivity contribution in [1.29, 1.82) is 0 Å². The normalized spacial score (nSPS) is 16.2. The quantitative estimate of drug-likeness (QED) is 0.456. The zero-order chi connectivity index (χ0) is 19.4. The Morgan fingerprint density at radius 2 is 2.00 bits per heavy atom. The third-order valence-electron chi connectivity index (χ3n) is 4.25. The number of hydrogen-bond acceptors (Lipinski definition) is 6. The van der Waals surface area contributed by atoms with Gasteiger partial charge in [-0.1, -0.05) is 25.5 Å². The number of amides is 2. The summed E-state index contributed by atoms with van der Waals surface area (Å²) in [5, 5.41) is -0.0837. The number of sulfone groups is 1. The number of nitrogens with zero attached hydrogens (tertiary/aromatic N) is 3. The predicted molar refractivity (Wildman–Crippen MR) is 111 cm³/mol. The Balaban J connectivity index is 0.00000280. The number of aromatic nitrogens is 2. The fourth-order valence-corrected chi connectivity index (χ4v) is 5.25. The molecule has 0 N–H and O–H groups in total. The molecule has 0 radical (unpaired) electrons. The molecule has 0 saturated carbocycles. The topological polar surface area (TPSA) is 88.8 Å². The van der Waals surface area contributed by atoms with Crippen LogP contribution in [0.4, 0.5) is 4.79 Å². The SMILES string of the molecule is CCCC=C1SC(=O)N(CCCCS(=O)(=O)c2cccc3nccn23)C1=O.Cl. The van der Waals surface area contributed by atoms with E-state index in [9.17, 15) is 18.0 Å². The highest BCUT2D eigenvalue weighted by Gasteiger charge is 2.34. The number of thioether (sulfide) groups is 1. The predicted octanol–water partition coefficient (Wildman–Crippen LogP) is 3.69. The van der Waals surface area contributed by atoms with Crippen LogP contribution in [0.5, 0.6) is 0 Å². The minimum atomic E-state index is -3.48. The molecule has 7 nitrogen and oxygen atoms in total. The molecule has 1 aliphatic heterocycles. The smallest absolute Gasteiger partial charge is 0.290 e. The highest BCUT2D eigenvalue weighted by atomic mass is 35.5. The van der Waals surface area contributed by atoms with Crippen LogP contribution in [0.3, 0.4) is 0 Å². The van der Waals surface area contributed by atoms with Gasteiger partial charge in [-0.25, -0.2) is 13.4 Å². The number of imide groups is 1. The van der Waals surface area contributed by atoms with Crippen LogP contribution in [-0.2, 0) is 14.6 Å². The summed E-state index contributed by atoms with van der Waals surface area (Å²) in [5.41, 5.74) is 0.577. The second-order valence-corrected chi connectivity index (χ2v) is 9.28. The molecule has 28 heavy (non-hydrogen) atoms. The molecule has 1 fully saturated rings. The molecule has 0 bridgehead atoms. The molecular formula is C18H22ClN3O4S2. The molecule has 10 heteroatoms. The zero-order valence-corrected chi connectivity index (χ0v) is 17.9. The second-order valence-electron chi connectivity index (χ2n) is 6.23. The number of carbonyl (C=O) groups is 2. The van der Waals surface area contributed by atoms with E-state index < -0.39 is 9.84 Å². The maximum atomic E-state index is 12.6. The minimum Gasteiger partial charge on any atom is -0.290 e. The van der Waals surface area contributed by atoms with E-state index in [2.05, 4.69) is 4.98 Å². The van der Waals surface area contributed by atoms with Gasteiger partial charge in [-0.3, -0.25) is 18.9 Å². The molecule has 0 unspecified atom stereocenters. The molecule has 0 aliphatic carbocycles. The van der Waals surface area contributed by atoms with Crippen molar-refractivity contribution >= 4 is 50.8 Å². The van der Waals surface area contributed by atoms with E-state index in [-0.39, 0.29) is 40.9 Å². The Labute approximate surface area is 174 Å². The van der Waals surface area contributed by atoms with Crippen molar-refractivity contribution in [2.24, 2.45) is 0 Å². The van der Waals surface area contributed by atoms with Gasteiger partial charge in [-0.15, -0.1) is 12.4 Å². The lowest BCUT2D eigenvalue weighted by Gasteiger charge is -2.12. The van der Waals surface area contributed by atoms with E-state index >= 15 is 0 Å². The summed E-state index contributed by atoms with van der Waals surface area (Å²) < 4.78 is 26.8. The first-order chi connectivity index (χ1) is 12.9. The molecule has 3 heterocycles. The number of imidazole rings is 1. The first kappa shape index (κ1) is 22.4. The fraction of sp³-hybridized carbons (Fsp3) is 0.389. The van der Waals surface area contributed by atoms with Crippen molar-refractivity contribution < 1.29 is 18.0 Å². The van der Waals surface area contributed by atoms with Crippen molar-refractivity contribution in [3.05, 3.63) is 41.6 Å². The number of fused-ring (bicyclic) bond motifs is 1. The third kappa shape index (κ3) is 4.76. The van der Waals surface area contributed by atoms with Gasteiger partial charge in [-0.2, -0.15) is 0 Å². The second kappa shape index (κ2) is 9.58. The van der Waals surface area contributed by atoms with Crippen molar-refractivity contribution in [3.8, 4) is 0 Å². The van der Waals surface area contributed by atoms with E-state index in [1.165, 1.54) is 4.90 Å². The van der Waals surface area contributed by atoms with Crippen LogP contribution in [0.1, 0.15) is 32.6 Å². The van der Waals surface area contributed by atoms with Crippen LogP contribution in [0.15, 0.2) is 46.6 Å². The Bertz CT molecular complexity index is 1000. The first-order valence-corrected chi connectivity index (χ1v) is 11.3. The lowest BCUT2D eigenvalue weighted by Crippen LogP contribution is -2.29. The molecule has 152 valence electrons. The molecule has 3 rings (SSSR count). The maximum absolute atomic E-state index is 12.6. The van der Waals surface area contributed by atoms with Crippen LogP contribution in [0.2, 0.25) is 0 Å². The van der Waals surface area contributed by atoms with Crippen molar-refractivity contribution in [1.82, 2.24) is 14.3 Å². The van der Waals surface area contributed by atoms with Crippen LogP contribution in [0.25, 0.3) is 5.65 Å². The van der Waals surface area contributed by atoms with Crippen LogP contribution in [0, 0.1) is 0 Å². The summed E-state index contributed by atoms with van der Waals surface area (Å²) in [5.74, 6) is -0.323. The van der Waals surface area contributed by atoms with Crippen molar-refractivity contribution in [2.45, 2.75) is 37.6 Å². The first-order valence-electron chi connectivity index (χ1n) is 8.82. The van der Waals surface area contributed by atoms with Gasteiger partial charge in [0.1, 0.15) is 10.7 Å². The third-order valence-corrected chi connectivity index (χ3v) is 7.00. The summed E-state index contributed by atoms with van der Waals surface area (Å²) in [4.78, 5) is 30.0. The molecule has 2 aromatic rings. The number of hydrogen-bond donors (Lipinski definition) is 0. The largest absolute Gasteiger partial charge is 0.293 e. The van der Waals surface area contributed by atoms with Crippen molar-refractivity contribution in [2.75, 3.05) is 12.3 Å². The summed E-state index contributed by atoms with van der Waals surface area (Å²) in [6.07, 6.45) is 7.44. The molecule has 1 aliphatic rings. The number of unbranched alkanes of at least 4 members (excludes halogenated alkanes) is 2. The minimum absolute atomic E-state index is 0. The van der Waals surface area contributed by atoms with E-state index in [1.54, 1.807) is 41.1 Å².